The zero-order valence-corrected chi connectivity index (χ0v) is 29.2. The molecule has 0 spiro atoms. The summed E-state index contributed by atoms with van der Waals surface area (Å²) >= 11 is 0. The highest BCUT2D eigenvalue weighted by Gasteiger charge is 2.18. The SMILES string of the molecule is c1ccc(-c2ccc3cc(-c4ccc(N(c5ccc(-c6cccc7ccccc67)cc5)c5cc6ccccc6c6ccccc56)cc4)ccc3c2)cc1. The molecule has 0 atom stereocenters. The van der Waals surface area contributed by atoms with Crippen molar-refractivity contribution in [1.29, 1.82) is 0 Å². The minimum atomic E-state index is 1.11. The number of fused-ring (bicyclic) bond motifs is 5. The van der Waals surface area contributed by atoms with Crippen molar-refractivity contribution >= 4 is 60.2 Å². The molecule has 10 rings (SSSR count). The molecule has 0 aliphatic heterocycles. The lowest BCUT2D eigenvalue weighted by atomic mass is 9.96. The molecule has 0 saturated heterocycles. The lowest BCUT2D eigenvalue weighted by molar-refractivity contribution is 1.30. The minimum Gasteiger partial charge on any atom is -0.310 e. The number of hydrogen-bond acceptors (Lipinski definition) is 1. The molecule has 0 aliphatic carbocycles. The second-order valence-corrected chi connectivity index (χ2v) is 13.8. The van der Waals surface area contributed by atoms with Gasteiger partial charge in [0.2, 0.25) is 0 Å². The van der Waals surface area contributed by atoms with Crippen LogP contribution >= 0.6 is 0 Å². The molecule has 248 valence electrons. The quantitative estimate of drug-likeness (QED) is 0.159. The Hall–Kier alpha value is -6.96. The largest absolute Gasteiger partial charge is 0.310 e. The Bertz CT molecular complexity index is 2920. The Balaban J connectivity index is 1.07. The van der Waals surface area contributed by atoms with Crippen molar-refractivity contribution in [3.63, 3.8) is 0 Å². The molecule has 0 fully saturated rings. The number of nitrogens with zero attached hydrogens (tertiary/aromatic N) is 1. The first-order valence-electron chi connectivity index (χ1n) is 18.3. The van der Waals surface area contributed by atoms with E-state index >= 15 is 0 Å². The highest BCUT2D eigenvalue weighted by molar-refractivity contribution is 6.14. The van der Waals surface area contributed by atoms with E-state index in [-0.39, 0.29) is 0 Å². The van der Waals surface area contributed by atoms with Crippen LogP contribution in [0.15, 0.2) is 212 Å². The van der Waals surface area contributed by atoms with Gasteiger partial charge in [-0.1, -0.05) is 170 Å². The number of rotatable bonds is 6. The Kier molecular flexibility index (Phi) is 7.55. The van der Waals surface area contributed by atoms with Gasteiger partial charge >= 0.3 is 0 Å². The van der Waals surface area contributed by atoms with Gasteiger partial charge in [0.05, 0.1) is 5.69 Å². The summed E-state index contributed by atoms with van der Waals surface area (Å²) in [6.07, 6.45) is 0. The molecule has 0 N–H and O–H groups in total. The molecule has 53 heavy (non-hydrogen) atoms. The van der Waals surface area contributed by atoms with E-state index in [9.17, 15) is 0 Å². The van der Waals surface area contributed by atoms with Gasteiger partial charge < -0.3 is 4.90 Å². The predicted molar refractivity (Wildman–Crippen MR) is 227 cm³/mol. The maximum atomic E-state index is 2.41. The lowest BCUT2D eigenvalue weighted by Crippen LogP contribution is -2.10. The van der Waals surface area contributed by atoms with Crippen molar-refractivity contribution in [2.45, 2.75) is 0 Å². The number of anilines is 3. The summed E-state index contributed by atoms with van der Waals surface area (Å²) in [7, 11) is 0. The predicted octanol–water partition coefficient (Wildman–Crippen LogP) is 14.8. The van der Waals surface area contributed by atoms with Gasteiger partial charge in [0, 0.05) is 16.8 Å². The highest BCUT2D eigenvalue weighted by Crippen LogP contribution is 2.43. The monoisotopic (exact) mass is 673 g/mol. The van der Waals surface area contributed by atoms with Gasteiger partial charge in [-0.3, -0.25) is 0 Å². The topological polar surface area (TPSA) is 3.24 Å². The molecule has 0 bridgehead atoms. The van der Waals surface area contributed by atoms with Crippen LogP contribution in [0.25, 0.3) is 76.5 Å². The van der Waals surface area contributed by atoms with Crippen LogP contribution < -0.4 is 4.90 Å². The Morgan fingerprint density at radius 1 is 0.245 bits per heavy atom. The summed E-state index contributed by atoms with van der Waals surface area (Å²) in [4.78, 5) is 2.41. The number of hydrogen-bond donors (Lipinski definition) is 0. The van der Waals surface area contributed by atoms with Gasteiger partial charge in [0.15, 0.2) is 0 Å². The van der Waals surface area contributed by atoms with E-state index in [2.05, 4.69) is 217 Å². The standard InChI is InChI=1S/C52H35N/c1-2-11-36(12-3-1)40-21-23-43-34-41(22-24-42(43)33-40)37-25-29-45(30-26-37)53(52-35-44-14-5-7-17-49(44)50-18-8-9-19-51(50)52)46-31-27-39(28-32-46)48-20-10-15-38-13-4-6-16-47(38)48/h1-35H. The molecule has 0 aromatic heterocycles. The van der Waals surface area contributed by atoms with Crippen LogP contribution in [0.4, 0.5) is 17.1 Å². The Labute approximate surface area is 309 Å². The highest BCUT2D eigenvalue weighted by atomic mass is 15.1. The number of benzene rings is 10. The fourth-order valence-electron chi connectivity index (χ4n) is 7.95. The third kappa shape index (κ3) is 5.60. The van der Waals surface area contributed by atoms with Crippen molar-refractivity contribution in [2.24, 2.45) is 0 Å². The van der Waals surface area contributed by atoms with E-state index in [1.807, 2.05) is 0 Å². The molecule has 1 heteroatoms. The van der Waals surface area contributed by atoms with Gasteiger partial charge in [-0.15, -0.1) is 0 Å². The zero-order chi connectivity index (χ0) is 35.1. The van der Waals surface area contributed by atoms with Gasteiger partial charge in [-0.25, -0.2) is 0 Å². The van der Waals surface area contributed by atoms with Crippen molar-refractivity contribution in [1.82, 2.24) is 0 Å². The summed E-state index contributed by atoms with van der Waals surface area (Å²) in [5.41, 5.74) is 10.7. The van der Waals surface area contributed by atoms with Crippen LogP contribution in [0.2, 0.25) is 0 Å². The van der Waals surface area contributed by atoms with E-state index < -0.39 is 0 Å². The lowest BCUT2D eigenvalue weighted by Gasteiger charge is -2.28. The molecule has 0 amide bonds. The van der Waals surface area contributed by atoms with Crippen LogP contribution in [0.3, 0.4) is 0 Å². The summed E-state index contributed by atoms with van der Waals surface area (Å²) in [6.45, 7) is 0. The second-order valence-electron chi connectivity index (χ2n) is 13.8. The first-order valence-corrected chi connectivity index (χ1v) is 18.3. The molecule has 1 nitrogen and oxygen atoms in total. The Morgan fingerprint density at radius 2 is 0.736 bits per heavy atom. The minimum absolute atomic E-state index is 1.11. The van der Waals surface area contributed by atoms with E-state index in [1.54, 1.807) is 0 Å². The fourth-order valence-corrected chi connectivity index (χ4v) is 7.95. The van der Waals surface area contributed by atoms with Crippen LogP contribution in [0.1, 0.15) is 0 Å². The molecule has 0 heterocycles. The molecule has 0 radical (unpaired) electrons. The van der Waals surface area contributed by atoms with E-state index in [1.165, 1.54) is 76.5 Å². The van der Waals surface area contributed by atoms with Crippen LogP contribution in [-0.2, 0) is 0 Å². The molecular formula is C52H35N. The van der Waals surface area contributed by atoms with E-state index in [0.29, 0.717) is 0 Å². The van der Waals surface area contributed by atoms with Gasteiger partial charge in [-0.05, 0) is 114 Å². The molecule has 10 aromatic rings. The third-order valence-electron chi connectivity index (χ3n) is 10.6. The van der Waals surface area contributed by atoms with Gasteiger partial charge in [0.25, 0.3) is 0 Å². The normalized spacial score (nSPS) is 11.4. The Morgan fingerprint density at radius 3 is 1.42 bits per heavy atom. The molecule has 0 saturated carbocycles. The summed E-state index contributed by atoms with van der Waals surface area (Å²) in [5, 5.41) is 9.96. The van der Waals surface area contributed by atoms with Crippen LogP contribution in [0.5, 0.6) is 0 Å². The summed E-state index contributed by atoms with van der Waals surface area (Å²) in [5.74, 6) is 0. The maximum absolute atomic E-state index is 2.41. The van der Waals surface area contributed by atoms with Crippen molar-refractivity contribution < 1.29 is 0 Å². The van der Waals surface area contributed by atoms with Crippen LogP contribution in [0, 0.1) is 0 Å². The van der Waals surface area contributed by atoms with Crippen molar-refractivity contribution in [3.05, 3.63) is 212 Å². The van der Waals surface area contributed by atoms with Gasteiger partial charge in [0.1, 0.15) is 0 Å². The van der Waals surface area contributed by atoms with E-state index in [0.717, 1.165) is 17.1 Å². The van der Waals surface area contributed by atoms with Crippen LogP contribution in [-0.4, -0.2) is 0 Å². The van der Waals surface area contributed by atoms with E-state index in [4.69, 9.17) is 0 Å². The smallest absolute Gasteiger partial charge is 0.0546 e. The molecule has 10 aromatic carbocycles. The average Bonchev–Trinajstić information content (AvgIpc) is 3.24. The first-order chi connectivity index (χ1) is 26.3. The average molecular weight is 674 g/mol. The molecule has 0 aliphatic rings. The molecule has 0 unspecified atom stereocenters. The maximum Gasteiger partial charge on any atom is 0.0546 e. The second kappa shape index (κ2) is 13.0. The zero-order valence-electron chi connectivity index (χ0n) is 29.2. The third-order valence-corrected chi connectivity index (χ3v) is 10.6. The fraction of sp³-hybridized carbons (Fsp3) is 0. The van der Waals surface area contributed by atoms with Gasteiger partial charge in [-0.2, -0.15) is 0 Å². The molecular weight excluding hydrogens is 639 g/mol. The summed E-state index contributed by atoms with van der Waals surface area (Å²) in [6, 6.07) is 77.3. The summed E-state index contributed by atoms with van der Waals surface area (Å²) < 4.78 is 0. The first kappa shape index (κ1) is 30.8. The van der Waals surface area contributed by atoms with Crippen molar-refractivity contribution in [3.8, 4) is 33.4 Å². The van der Waals surface area contributed by atoms with Crippen molar-refractivity contribution in [2.75, 3.05) is 4.90 Å².